The highest BCUT2D eigenvalue weighted by atomic mass is 79.9. The molecule has 0 heterocycles. The van der Waals surface area contributed by atoms with Crippen LogP contribution in [0.25, 0.3) is 0 Å². The van der Waals surface area contributed by atoms with Gasteiger partial charge in [0, 0.05) is 5.92 Å². The van der Waals surface area contributed by atoms with Crippen molar-refractivity contribution in [3.05, 3.63) is 26.6 Å². The van der Waals surface area contributed by atoms with Crippen LogP contribution in [0.1, 0.15) is 18.4 Å². The first-order chi connectivity index (χ1) is 7.34. The zero-order valence-electron chi connectivity index (χ0n) is 8.32. The van der Waals surface area contributed by atoms with E-state index in [1.165, 1.54) is 0 Å². The maximum absolute atomic E-state index is 10.6. The molecule has 2 unspecified atom stereocenters. The van der Waals surface area contributed by atoms with Gasteiger partial charge in [0.05, 0.1) is 8.95 Å². The fourth-order valence-electron chi connectivity index (χ4n) is 1.24. The van der Waals surface area contributed by atoms with Crippen molar-refractivity contribution in [3.63, 3.8) is 0 Å². The molecule has 0 fully saturated rings. The molecule has 0 radical (unpaired) electrons. The van der Waals surface area contributed by atoms with Crippen molar-refractivity contribution in [2.45, 2.75) is 18.9 Å². The average molecular weight is 354 g/mol. The minimum atomic E-state index is -1.47. The number of benzene rings is 1. The molecule has 6 heteroatoms. The Morgan fingerprint density at radius 1 is 1.31 bits per heavy atom. The normalized spacial score (nSPS) is 14.5. The number of aromatic hydroxyl groups is 1. The Bertz CT molecular complexity index is 396. The van der Waals surface area contributed by atoms with E-state index in [2.05, 4.69) is 31.9 Å². The second-order valence-corrected chi connectivity index (χ2v) is 5.11. The monoisotopic (exact) mass is 352 g/mol. The highest BCUT2D eigenvalue weighted by Gasteiger charge is 2.24. The molecule has 3 N–H and O–H groups in total. The summed E-state index contributed by atoms with van der Waals surface area (Å²) in [5, 5.41) is 27.6. The summed E-state index contributed by atoms with van der Waals surface area (Å²) < 4.78 is 0.891. The van der Waals surface area contributed by atoms with Gasteiger partial charge in [-0.1, -0.05) is 6.92 Å². The van der Waals surface area contributed by atoms with Crippen LogP contribution < -0.4 is 0 Å². The number of carbonyl (C=O) groups is 1. The van der Waals surface area contributed by atoms with Crippen molar-refractivity contribution in [2.75, 3.05) is 0 Å². The quantitative estimate of drug-likeness (QED) is 0.780. The molecule has 4 nitrogen and oxygen atoms in total. The third kappa shape index (κ3) is 2.75. The van der Waals surface area contributed by atoms with Crippen molar-refractivity contribution in [1.29, 1.82) is 0 Å². The van der Waals surface area contributed by atoms with Gasteiger partial charge in [-0.05, 0) is 49.6 Å². The fraction of sp³-hybridized carbons (Fsp3) is 0.300. The molecule has 0 aromatic heterocycles. The lowest BCUT2D eigenvalue weighted by Crippen LogP contribution is -2.25. The molecule has 0 aliphatic rings. The summed E-state index contributed by atoms with van der Waals surface area (Å²) >= 11 is 6.28. The molecule has 0 bridgehead atoms. The van der Waals surface area contributed by atoms with Crippen molar-refractivity contribution in [1.82, 2.24) is 0 Å². The maximum Gasteiger partial charge on any atom is 0.333 e. The van der Waals surface area contributed by atoms with E-state index < -0.39 is 18.0 Å². The number of hydrogen-bond acceptors (Lipinski definition) is 3. The van der Waals surface area contributed by atoms with Gasteiger partial charge in [0.25, 0.3) is 0 Å². The van der Waals surface area contributed by atoms with Gasteiger partial charge in [0.2, 0.25) is 0 Å². The van der Waals surface area contributed by atoms with Gasteiger partial charge < -0.3 is 15.3 Å². The van der Waals surface area contributed by atoms with Crippen LogP contribution in [0.2, 0.25) is 0 Å². The number of halogens is 2. The molecule has 88 valence electrons. The molecular formula is C10H10Br2O4. The minimum absolute atomic E-state index is 0.0424. The molecule has 0 aliphatic carbocycles. The predicted octanol–water partition coefficient (Wildman–Crippen LogP) is 2.47. The number of hydrogen-bond donors (Lipinski definition) is 3. The lowest BCUT2D eigenvalue weighted by molar-refractivity contribution is -0.147. The van der Waals surface area contributed by atoms with Gasteiger partial charge in [-0.25, -0.2) is 4.79 Å². The molecule has 2 atom stereocenters. The third-order valence-corrected chi connectivity index (χ3v) is 3.50. The number of carboxylic acid groups (broad SMARTS) is 1. The van der Waals surface area contributed by atoms with Crippen LogP contribution in [0.15, 0.2) is 21.1 Å². The van der Waals surface area contributed by atoms with E-state index in [1.807, 2.05) is 0 Å². The molecule has 0 spiro atoms. The summed E-state index contributed by atoms with van der Waals surface area (Å²) in [4.78, 5) is 10.6. The van der Waals surface area contributed by atoms with E-state index in [0.717, 1.165) is 0 Å². The Morgan fingerprint density at radius 2 is 1.75 bits per heavy atom. The highest BCUT2D eigenvalue weighted by Crippen LogP contribution is 2.36. The standard InChI is InChI=1S/C10H10Br2O4/c1-4(8(13)10(15)16)5-2-6(11)9(14)7(12)3-5/h2-4,8,13-14H,1H3,(H,15,16). The van der Waals surface area contributed by atoms with E-state index in [9.17, 15) is 15.0 Å². The van der Waals surface area contributed by atoms with E-state index >= 15 is 0 Å². The Kier molecular flexibility index (Phi) is 4.35. The van der Waals surface area contributed by atoms with Gasteiger partial charge in [0.1, 0.15) is 5.75 Å². The van der Waals surface area contributed by atoms with Crippen molar-refractivity contribution in [3.8, 4) is 5.75 Å². The highest BCUT2D eigenvalue weighted by molar-refractivity contribution is 9.11. The first-order valence-electron chi connectivity index (χ1n) is 4.43. The van der Waals surface area contributed by atoms with E-state index in [4.69, 9.17) is 5.11 Å². The fourth-order valence-corrected chi connectivity index (χ4v) is 2.47. The molecule has 1 aromatic carbocycles. The summed E-state index contributed by atoms with van der Waals surface area (Å²) in [5.74, 6) is -1.79. The van der Waals surface area contributed by atoms with E-state index in [-0.39, 0.29) is 5.75 Å². The first kappa shape index (κ1) is 13.5. The van der Waals surface area contributed by atoms with Crippen molar-refractivity contribution in [2.24, 2.45) is 0 Å². The topological polar surface area (TPSA) is 77.8 Å². The lowest BCUT2D eigenvalue weighted by Gasteiger charge is -2.16. The van der Waals surface area contributed by atoms with Crippen molar-refractivity contribution < 1.29 is 20.1 Å². The summed E-state index contributed by atoms with van der Waals surface area (Å²) in [7, 11) is 0. The van der Waals surface area contributed by atoms with Gasteiger partial charge >= 0.3 is 5.97 Å². The summed E-state index contributed by atoms with van der Waals surface area (Å²) in [6.07, 6.45) is -1.47. The van der Waals surface area contributed by atoms with Crippen molar-refractivity contribution >= 4 is 37.8 Å². The molecule has 0 amide bonds. The zero-order valence-corrected chi connectivity index (χ0v) is 11.5. The van der Waals surface area contributed by atoms with Crippen LogP contribution in [0, 0.1) is 0 Å². The summed E-state index contributed by atoms with van der Waals surface area (Å²) in [6.45, 7) is 1.60. The number of aliphatic carboxylic acids is 1. The molecule has 0 saturated carbocycles. The smallest absolute Gasteiger partial charge is 0.333 e. The van der Waals surface area contributed by atoms with Crippen LogP contribution in [-0.2, 0) is 4.79 Å². The first-order valence-corrected chi connectivity index (χ1v) is 6.02. The van der Waals surface area contributed by atoms with Gasteiger partial charge in [-0.3, -0.25) is 0 Å². The van der Waals surface area contributed by atoms with Crippen LogP contribution in [0.3, 0.4) is 0 Å². The number of phenols is 1. The van der Waals surface area contributed by atoms with E-state index in [0.29, 0.717) is 14.5 Å². The van der Waals surface area contributed by atoms with Crippen LogP contribution in [-0.4, -0.2) is 27.4 Å². The Balaban J connectivity index is 3.10. The predicted molar refractivity (Wildman–Crippen MR) is 65.6 cm³/mol. The number of rotatable bonds is 3. The SMILES string of the molecule is CC(c1cc(Br)c(O)c(Br)c1)C(O)C(=O)O. The van der Waals surface area contributed by atoms with Gasteiger partial charge in [-0.2, -0.15) is 0 Å². The minimum Gasteiger partial charge on any atom is -0.506 e. The van der Waals surface area contributed by atoms with Crippen LogP contribution in [0.5, 0.6) is 5.75 Å². The Labute approximate surface area is 109 Å². The van der Waals surface area contributed by atoms with E-state index in [1.54, 1.807) is 19.1 Å². The molecular weight excluding hydrogens is 344 g/mol. The van der Waals surface area contributed by atoms with Crippen LogP contribution >= 0.6 is 31.9 Å². The lowest BCUT2D eigenvalue weighted by atomic mass is 9.95. The Hall–Kier alpha value is -0.590. The number of phenolic OH excluding ortho intramolecular Hbond substituents is 1. The number of aliphatic hydroxyl groups is 1. The second kappa shape index (κ2) is 5.16. The largest absolute Gasteiger partial charge is 0.506 e. The zero-order chi connectivity index (χ0) is 12.5. The molecule has 0 aliphatic heterocycles. The summed E-state index contributed by atoms with van der Waals surface area (Å²) in [5.41, 5.74) is 0.617. The molecule has 1 aromatic rings. The molecule has 16 heavy (non-hydrogen) atoms. The molecule has 1 rings (SSSR count). The van der Waals surface area contributed by atoms with Crippen LogP contribution in [0.4, 0.5) is 0 Å². The van der Waals surface area contributed by atoms with Gasteiger partial charge in [-0.15, -0.1) is 0 Å². The number of carboxylic acids is 1. The third-order valence-electron chi connectivity index (χ3n) is 2.29. The second-order valence-electron chi connectivity index (χ2n) is 3.40. The van der Waals surface area contributed by atoms with Gasteiger partial charge in [0.15, 0.2) is 6.10 Å². The number of aliphatic hydroxyl groups excluding tert-OH is 1. The maximum atomic E-state index is 10.6. The Morgan fingerprint density at radius 3 is 2.12 bits per heavy atom. The average Bonchev–Trinajstić information content (AvgIpc) is 2.22. The summed E-state index contributed by atoms with van der Waals surface area (Å²) in [6, 6.07) is 3.16. The molecule has 0 saturated heterocycles.